The van der Waals surface area contributed by atoms with Crippen LogP contribution >= 0.6 is 11.6 Å². The van der Waals surface area contributed by atoms with Crippen LogP contribution in [0.4, 0.5) is 34.1 Å². The summed E-state index contributed by atoms with van der Waals surface area (Å²) in [5, 5.41) is 6.05. The van der Waals surface area contributed by atoms with Crippen LogP contribution in [0, 0.1) is 0 Å². The van der Waals surface area contributed by atoms with Gasteiger partial charge in [0.25, 0.3) is 5.91 Å². The van der Waals surface area contributed by atoms with Gasteiger partial charge in [0.15, 0.2) is 6.10 Å². The summed E-state index contributed by atoms with van der Waals surface area (Å²) in [4.78, 5) is 47.8. The zero-order chi connectivity index (χ0) is 34.7. The zero-order valence-electron chi connectivity index (χ0n) is 27.3. The number of halogens is 4. The monoisotopic (exact) mass is 705 g/mol. The molecular formula is C34H43ClF3N7O4. The molecule has 0 aliphatic carbocycles. The average molecular weight is 706 g/mol. The van der Waals surface area contributed by atoms with Crippen LogP contribution in [0.15, 0.2) is 36.4 Å². The van der Waals surface area contributed by atoms with Gasteiger partial charge in [0.05, 0.1) is 16.3 Å². The van der Waals surface area contributed by atoms with Crippen molar-refractivity contribution in [3.63, 3.8) is 0 Å². The number of piperidine rings is 2. The third-order valence-electron chi connectivity index (χ3n) is 10.2. The van der Waals surface area contributed by atoms with Crippen molar-refractivity contribution in [3.05, 3.63) is 58.1 Å². The van der Waals surface area contributed by atoms with Crippen LogP contribution in [0.1, 0.15) is 42.4 Å². The maximum Gasteiger partial charge on any atom is 0.418 e. The van der Waals surface area contributed by atoms with E-state index in [-0.39, 0.29) is 29.1 Å². The molecule has 2 aromatic carbocycles. The molecule has 0 spiro atoms. The fourth-order valence-corrected chi connectivity index (χ4v) is 7.64. The van der Waals surface area contributed by atoms with Gasteiger partial charge in [-0.3, -0.25) is 9.69 Å². The highest BCUT2D eigenvalue weighted by Crippen LogP contribution is 2.38. The van der Waals surface area contributed by atoms with Crippen LogP contribution in [0.25, 0.3) is 0 Å². The van der Waals surface area contributed by atoms with Gasteiger partial charge in [0, 0.05) is 70.0 Å². The van der Waals surface area contributed by atoms with E-state index >= 15 is 0 Å². The molecule has 6 rings (SSSR count). The number of nitrogen functional groups attached to an aromatic ring is 1. The second kappa shape index (κ2) is 15.0. The van der Waals surface area contributed by atoms with Crippen molar-refractivity contribution in [1.29, 1.82) is 0 Å². The number of amides is 4. The van der Waals surface area contributed by atoms with Crippen molar-refractivity contribution >= 4 is 41.0 Å². The molecule has 2 aromatic rings. The molecule has 0 radical (unpaired) electrons. The van der Waals surface area contributed by atoms with Gasteiger partial charge in [-0.05, 0) is 74.5 Å². The highest BCUT2D eigenvalue weighted by atomic mass is 35.5. The Morgan fingerprint density at radius 3 is 2.33 bits per heavy atom. The smallest absolute Gasteiger partial charge is 0.418 e. The Kier molecular flexibility index (Phi) is 10.8. The summed E-state index contributed by atoms with van der Waals surface area (Å²) in [5.41, 5.74) is 5.88. The van der Waals surface area contributed by atoms with Crippen LogP contribution in [0.2, 0.25) is 5.02 Å². The Bertz CT molecular complexity index is 1520. The standard InChI is InChI=1S/C34H43ClF3N7O4/c35-27-20-22(19-26(30(27)39)34(36,37)38)21-29(31(46)43-17-15-42(16-18-43)24-5-10-40-11-6-24)49-33(48)44-12-8-25(9-13-44)45-14-7-23-3-1-2-4-28(23)41-32(45)47/h1-4,19-20,24-25,29,40H,5-18,21,39H2,(H,41,47)/t29-/m1/s1. The van der Waals surface area contributed by atoms with Crippen LogP contribution in [0.3, 0.4) is 0 Å². The number of ether oxygens (including phenoxy) is 1. The van der Waals surface area contributed by atoms with Crippen molar-refractivity contribution in [2.75, 3.05) is 70.0 Å². The maximum absolute atomic E-state index is 13.9. The number of likely N-dealkylation sites (tertiary alicyclic amines) is 1. The second-order valence-corrected chi connectivity index (χ2v) is 13.6. The molecule has 4 heterocycles. The van der Waals surface area contributed by atoms with E-state index in [4.69, 9.17) is 22.1 Å². The van der Waals surface area contributed by atoms with Gasteiger partial charge >= 0.3 is 18.3 Å². The molecule has 11 nitrogen and oxygen atoms in total. The number of piperazine rings is 1. The number of para-hydroxylation sites is 1. The lowest BCUT2D eigenvalue weighted by Crippen LogP contribution is -2.56. The van der Waals surface area contributed by atoms with E-state index in [1.807, 2.05) is 29.2 Å². The Morgan fingerprint density at radius 1 is 0.939 bits per heavy atom. The number of nitrogens with zero attached hydrogens (tertiary/aromatic N) is 4. The number of rotatable bonds is 6. The number of fused-ring (bicyclic) bond motifs is 1. The first kappa shape index (κ1) is 35.1. The highest BCUT2D eigenvalue weighted by molar-refractivity contribution is 6.33. The summed E-state index contributed by atoms with van der Waals surface area (Å²) in [6.07, 6.45) is -3.37. The molecule has 266 valence electrons. The van der Waals surface area contributed by atoms with Gasteiger partial charge < -0.3 is 35.8 Å². The first-order valence-corrected chi connectivity index (χ1v) is 17.4. The number of anilines is 2. The third kappa shape index (κ3) is 8.18. The normalized spacial score (nSPS) is 20.7. The molecule has 4 aliphatic heterocycles. The fourth-order valence-electron chi connectivity index (χ4n) is 7.40. The van der Waals surface area contributed by atoms with E-state index in [1.165, 1.54) is 11.0 Å². The number of alkyl halides is 3. The summed E-state index contributed by atoms with van der Waals surface area (Å²) in [7, 11) is 0. The van der Waals surface area contributed by atoms with Gasteiger partial charge in [-0.1, -0.05) is 29.8 Å². The molecule has 0 bridgehead atoms. The van der Waals surface area contributed by atoms with E-state index in [2.05, 4.69) is 15.5 Å². The number of benzene rings is 2. The molecule has 4 N–H and O–H groups in total. The molecule has 0 saturated carbocycles. The molecule has 0 aromatic heterocycles. The second-order valence-electron chi connectivity index (χ2n) is 13.2. The minimum absolute atomic E-state index is 0.0814. The van der Waals surface area contributed by atoms with E-state index < -0.39 is 35.5 Å². The van der Waals surface area contributed by atoms with E-state index in [0.29, 0.717) is 71.1 Å². The van der Waals surface area contributed by atoms with Gasteiger partial charge in [-0.2, -0.15) is 13.2 Å². The first-order valence-electron chi connectivity index (χ1n) is 17.0. The Morgan fingerprint density at radius 2 is 1.63 bits per heavy atom. The van der Waals surface area contributed by atoms with Gasteiger partial charge in [-0.15, -0.1) is 0 Å². The van der Waals surface area contributed by atoms with Crippen LogP contribution in [0.5, 0.6) is 0 Å². The first-order chi connectivity index (χ1) is 23.5. The molecule has 4 amide bonds. The number of carbonyl (C=O) groups excluding carboxylic acids is 3. The molecule has 4 aliphatic rings. The highest BCUT2D eigenvalue weighted by Gasteiger charge is 2.38. The zero-order valence-corrected chi connectivity index (χ0v) is 28.1. The summed E-state index contributed by atoms with van der Waals surface area (Å²) in [6, 6.07) is 9.99. The average Bonchev–Trinajstić information content (AvgIpc) is 3.27. The number of urea groups is 1. The van der Waals surface area contributed by atoms with Crippen LogP contribution in [-0.2, 0) is 28.5 Å². The maximum atomic E-state index is 13.9. The third-order valence-corrected chi connectivity index (χ3v) is 10.5. The SMILES string of the molecule is Nc1c(Cl)cc(C[C@@H](OC(=O)N2CCC(N3CCc4ccccc4NC3=O)CC2)C(=O)N2CCN(C3CCNCC3)CC2)cc1C(F)(F)F. The minimum atomic E-state index is -4.76. The van der Waals surface area contributed by atoms with E-state index in [9.17, 15) is 27.6 Å². The van der Waals surface area contributed by atoms with E-state index in [1.54, 1.807) is 4.90 Å². The molecule has 0 unspecified atom stereocenters. The Balaban J connectivity index is 1.12. The van der Waals surface area contributed by atoms with Gasteiger partial charge in [-0.25, -0.2) is 9.59 Å². The van der Waals surface area contributed by atoms with Gasteiger partial charge in [0.2, 0.25) is 0 Å². The number of hydrogen-bond donors (Lipinski definition) is 3. The molecule has 3 fully saturated rings. The lowest BCUT2D eigenvalue weighted by Gasteiger charge is -2.41. The van der Waals surface area contributed by atoms with Crippen molar-refractivity contribution in [1.82, 2.24) is 24.9 Å². The molecule has 1 atom stereocenters. The number of hydrogen-bond acceptors (Lipinski definition) is 7. The topological polar surface area (TPSA) is 123 Å². The fraction of sp³-hybridized carbons (Fsp3) is 0.559. The summed E-state index contributed by atoms with van der Waals surface area (Å²) < 4.78 is 47.2. The van der Waals surface area contributed by atoms with Crippen LogP contribution < -0.4 is 16.4 Å². The Hall–Kier alpha value is -3.75. The lowest BCUT2D eigenvalue weighted by molar-refractivity contribution is -0.143. The predicted molar refractivity (Wildman–Crippen MR) is 179 cm³/mol. The van der Waals surface area contributed by atoms with Crippen LogP contribution in [-0.4, -0.2) is 115 Å². The van der Waals surface area contributed by atoms with E-state index in [0.717, 1.165) is 43.2 Å². The molecule has 3 saturated heterocycles. The largest absolute Gasteiger partial charge is 0.436 e. The number of nitrogens with one attached hydrogen (secondary N) is 2. The predicted octanol–water partition coefficient (Wildman–Crippen LogP) is 4.44. The summed E-state index contributed by atoms with van der Waals surface area (Å²) >= 11 is 6.10. The summed E-state index contributed by atoms with van der Waals surface area (Å²) in [6.45, 7) is 5.18. The van der Waals surface area contributed by atoms with Crippen molar-refractivity contribution in [2.45, 2.75) is 62.9 Å². The molecule has 15 heteroatoms. The molecular weight excluding hydrogens is 663 g/mol. The minimum Gasteiger partial charge on any atom is -0.436 e. The van der Waals surface area contributed by atoms with Crippen molar-refractivity contribution in [3.8, 4) is 0 Å². The number of carbonyl (C=O) groups is 3. The lowest BCUT2D eigenvalue weighted by atomic mass is 10.0. The quantitative estimate of drug-likeness (QED) is 0.380. The number of nitrogens with two attached hydrogens (primary N) is 1. The molecule has 49 heavy (non-hydrogen) atoms. The van der Waals surface area contributed by atoms with Crippen molar-refractivity contribution in [2.24, 2.45) is 0 Å². The van der Waals surface area contributed by atoms with Crippen molar-refractivity contribution < 1.29 is 32.3 Å². The van der Waals surface area contributed by atoms with Gasteiger partial charge in [0.1, 0.15) is 0 Å². The Labute approximate surface area is 288 Å². The summed E-state index contributed by atoms with van der Waals surface area (Å²) in [5.74, 6) is -0.462.